The van der Waals surface area contributed by atoms with E-state index in [-0.39, 0.29) is 36.2 Å². The molecule has 1 saturated heterocycles. The fraction of sp³-hybridized carbons (Fsp3) is 0.550. The van der Waals surface area contributed by atoms with Gasteiger partial charge < -0.3 is 9.64 Å². The second-order valence-corrected chi connectivity index (χ2v) is 8.80. The van der Waals surface area contributed by atoms with Gasteiger partial charge in [-0.1, -0.05) is 31.4 Å². The molecule has 2 rings (SSSR count). The minimum atomic E-state index is -3.80. The van der Waals surface area contributed by atoms with Crippen molar-refractivity contribution in [1.82, 2.24) is 9.62 Å². The van der Waals surface area contributed by atoms with Crippen molar-refractivity contribution in [3.63, 3.8) is 0 Å². The van der Waals surface area contributed by atoms with Crippen LogP contribution in [-0.2, 0) is 24.3 Å². The summed E-state index contributed by atoms with van der Waals surface area (Å²) in [4.78, 5) is 37.0. The number of amides is 1. The number of ether oxygens (including phenoxy) is 1. The normalized spacial score (nSPS) is 15.3. The fourth-order valence-electron chi connectivity index (χ4n) is 3.04. The fourth-order valence-corrected chi connectivity index (χ4v) is 4.07. The van der Waals surface area contributed by atoms with E-state index in [0.717, 1.165) is 25.7 Å². The monoisotopic (exact) mass is 424 g/mol. The van der Waals surface area contributed by atoms with Gasteiger partial charge in [0, 0.05) is 25.2 Å². The van der Waals surface area contributed by atoms with E-state index in [1.54, 1.807) is 4.90 Å². The Morgan fingerprint density at radius 2 is 1.59 bits per heavy atom. The minimum absolute atomic E-state index is 0.00290. The number of nitrogens with zero attached hydrogens (tertiary/aromatic N) is 1. The van der Waals surface area contributed by atoms with Gasteiger partial charge in [0.1, 0.15) is 0 Å². The predicted molar refractivity (Wildman–Crippen MR) is 107 cm³/mol. The molecule has 9 heteroatoms. The molecule has 8 nitrogen and oxygen atoms in total. The first kappa shape index (κ1) is 23.0. The average Bonchev–Trinajstić information content (AvgIpc) is 2.66. The van der Waals surface area contributed by atoms with Crippen LogP contribution in [0.5, 0.6) is 0 Å². The number of benzene rings is 1. The molecule has 160 valence electrons. The quantitative estimate of drug-likeness (QED) is 0.504. The maximum absolute atomic E-state index is 12.2. The lowest BCUT2D eigenvalue weighted by Crippen LogP contribution is -2.37. The Bertz CT molecular complexity index is 812. The summed E-state index contributed by atoms with van der Waals surface area (Å²) >= 11 is 0. The maximum Gasteiger partial charge on any atom is 0.307 e. The number of Topliss-reactive ketones (excluding diaryl/α,β-unsaturated/α-hetero) is 1. The topological polar surface area (TPSA) is 110 Å². The number of rotatable bonds is 8. The largest absolute Gasteiger partial charge is 0.456 e. The standard InChI is InChI=1S/C20H28N2O6S/c1-16(23)17-7-9-18(10-8-17)29(26,27)21-12-11-20(25)28-15-19(24)22-13-5-3-2-4-6-14-22/h7-10,21H,2-6,11-15H2,1H3. The number of nitrogens with one attached hydrogen (secondary N) is 1. The summed E-state index contributed by atoms with van der Waals surface area (Å²) in [6.07, 6.45) is 5.11. The van der Waals surface area contributed by atoms with Crippen LogP contribution in [0.15, 0.2) is 29.2 Å². The molecule has 0 aromatic heterocycles. The van der Waals surface area contributed by atoms with Crippen molar-refractivity contribution < 1.29 is 27.5 Å². The number of carbonyl (C=O) groups is 3. The highest BCUT2D eigenvalue weighted by Gasteiger charge is 2.18. The zero-order valence-corrected chi connectivity index (χ0v) is 17.5. The highest BCUT2D eigenvalue weighted by Crippen LogP contribution is 2.12. The summed E-state index contributed by atoms with van der Waals surface area (Å²) in [5.41, 5.74) is 0.414. The Morgan fingerprint density at radius 1 is 1.00 bits per heavy atom. The molecule has 1 N–H and O–H groups in total. The molecule has 1 aromatic carbocycles. The van der Waals surface area contributed by atoms with Crippen LogP contribution in [0.3, 0.4) is 0 Å². The van der Waals surface area contributed by atoms with Crippen molar-refractivity contribution in [2.24, 2.45) is 0 Å². The molecule has 0 radical (unpaired) electrons. The molecule has 0 spiro atoms. The highest BCUT2D eigenvalue weighted by atomic mass is 32.2. The average molecular weight is 425 g/mol. The second kappa shape index (κ2) is 11.1. The molecule has 0 saturated carbocycles. The Kier molecular flexibility index (Phi) is 8.78. The number of sulfonamides is 1. The molecule has 0 bridgehead atoms. The van der Waals surface area contributed by atoms with E-state index >= 15 is 0 Å². The Morgan fingerprint density at radius 3 is 2.17 bits per heavy atom. The van der Waals surface area contributed by atoms with Gasteiger partial charge >= 0.3 is 5.97 Å². The third kappa shape index (κ3) is 7.58. The molecule has 1 aliphatic heterocycles. The van der Waals surface area contributed by atoms with Gasteiger partial charge in [-0.25, -0.2) is 13.1 Å². The molecule has 29 heavy (non-hydrogen) atoms. The summed E-state index contributed by atoms with van der Waals surface area (Å²) < 4.78 is 31.7. The van der Waals surface area contributed by atoms with Crippen molar-refractivity contribution in [1.29, 1.82) is 0 Å². The molecular weight excluding hydrogens is 396 g/mol. The highest BCUT2D eigenvalue weighted by molar-refractivity contribution is 7.89. The van der Waals surface area contributed by atoms with Crippen LogP contribution in [0, 0.1) is 0 Å². The van der Waals surface area contributed by atoms with Crippen LogP contribution in [0.25, 0.3) is 0 Å². The van der Waals surface area contributed by atoms with Crippen molar-refractivity contribution in [3.05, 3.63) is 29.8 Å². The zero-order chi connectivity index (χ0) is 21.3. The predicted octanol–water partition coefficient (Wildman–Crippen LogP) is 1.89. The number of hydrogen-bond acceptors (Lipinski definition) is 6. The Labute approximate surface area is 171 Å². The van der Waals surface area contributed by atoms with Crippen molar-refractivity contribution in [2.45, 2.75) is 50.3 Å². The summed E-state index contributed by atoms with van der Waals surface area (Å²) in [5.74, 6) is -1.01. The number of ketones is 1. The second-order valence-electron chi connectivity index (χ2n) is 7.04. The van der Waals surface area contributed by atoms with E-state index in [9.17, 15) is 22.8 Å². The molecule has 0 unspecified atom stereocenters. The van der Waals surface area contributed by atoms with E-state index in [0.29, 0.717) is 18.7 Å². The van der Waals surface area contributed by atoms with Crippen molar-refractivity contribution in [3.8, 4) is 0 Å². The maximum atomic E-state index is 12.2. The molecule has 1 aliphatic rings. The molecule has 1 fully saturated rings. The van der Waals surface area contributed by atoms with Gasteiger partial charge in [0.25, 0.3) is 5.91 Å². The third-order valence-corrected chi connectivity index (χ3v) is 6.23. The number of esters is 1. The number of likely N-dealkylation sites (tertiary alicyclic amines) is 1. The van der Waals surface area contributed by atoms with E-state index < -0.39 is 16.0 Å². The zero-order valence-electron chi connectivity index (χ0n) is 16.7. The van der Waals surface area contributed by atoms with Gasteiger partial charge in [0.2, 0.25) is 10.0 Å². The molecule has 0 aliphatic carbocycles. The van der Waals surface area contributed by atoms with Crippen LogP contribution < -0.4 is 4.72 Å². The lowest BCUT2D eigenvalue weighted by Gasteiger charge is -2.24. The van der Waals surface area contributed by atoms with E-state index in [1.165, 1.54) is 37.6 Å². The summed E-state index contributed by atoms with van der Waals surface area (Å²) in [6, 6.07) is 5.53. The van der Waals surface area contributed by atoms with Gasteiger partial charge in [-0.2, -0.15) is 0 Å². The van der Waals surface area contributed by atoms with Gasteiger partial charge in [-0.05, 0) is 31.9 Å². The van der Waals surface area contributed by atoms with Gasteiger partial charge in [0.05, 0.1) is 11.3 Å². The van der Waals surface area contributed by atoms with E-state index in [1.807, 2.05) is 0 Å². The van der Waals surface area contributed by atoms with Crippen LogP contribution in [-0.4, -0.2) is 57.2 Å². The van der Waals surface area contributed by atoms with Gasteiger partial charge in [-0.3, -0.25) is 14.4 Å². The van der Waals surface area contributed by atoms with Crippen LogP contribution in [0.1, 0.15) is 55.8 Å². The lowest BCUT2D eigenvalue weighted by molar-refractivity contribution is -0.152. The van der Waals surface area contributed by atoms with Crippen molar-refractivity contribution in [2.75, 3.05) is 26.2 Å². The third-order valence-electron chi connectivity index (χ3n) is 4.76. The number of hydrogen-bond donors (Lipinski definition) is 1. The molecule has 1 amide bonds. The minimum Gasteiger partial charge on any atom is -0.456 e. The van der Waals surface area contributed by atoms with Gasteiger partial charge in [0.15, 0.2) is 12.4 Å². The molecule has 1 aromatic rings. The summed E-state index contributed by atoms with van der Waals surface area (Å²) in [7, 11) is -3.80. The summed E-state index contributed by atoms with van der Waals surface area (Å²) in [5, 5.41) is 0. The van der Waals surface area contributed by atoms with E-state index in [4.69, 9.17) is 4.74 Å². The van der Waals surface area contributed by atoms with Crippen LogP contribution >= 0.6 is 0 Å². The molecule has 0 atom stereocenters. The Hall–Kier alpha value is -2.26. The van der Waals surface area contributed by atoms with Crippen molar-refractivity contribution >= 4 is 27.7 Å². The Balaban J connectivity index is 1.74. The van der Waals surface area contributed by atoms with E-state index in [2.05, 4.69) is 4.72 Å². The number of carbonyl (C=O) groups excluding carboxylic acids is 3. The SMILES string of the molecule is CC(=O)c1ccc(S(=O)(=O)NCCC(=O)OCC(=O)N2CCCCCCC2)cc1. The first-order valence-corrected chi connectivity index (χ1v) is 11.3. The van der Waals surface area contributed by atoms with Crippen LogP contribution in [0.2, 0.25) is 0 Å². The first-order valence-electron chi connectivity index (χ1n) is 9.83. The molecule has 1 heterocycles. The smallest absolute Gasteiger partial charge is 0.307 e. The first-order chi connectivity index (χ1) is 13.8. The lowest BCUT2D eigenvalue weighted by atomic mass is 10.1. The van der Waals surface area contributed by atoms with Gasteiger partial charge in [-0.15, -0.1) is 0 Å². The summed E-state index contributed by atoms with van der Waals surface area (Å²) in [6.45, 7) is 2.29. The van der Waals surface area contributed by atoms with Crippen LogP contribution in [0.4, 0.5) is 0 Å². The molecular formula is C20H28N2O6S.